The van der Waals surface area contributed by atoms with Crippen molar-refractivity contribution < 1.29 is 14.4 Å². The number of carbonyl (C=O) groups is 3. The molecule has 3 aliphatic rings. The highest BCUT2D eigenvalue weighted by atomic mass is 32.2. The lowest BCUT2D eigenvalue weighted by molar-refractivity contribution is -0.135. The van der Waals surface area contributed by atoms with E-state index in [1.54, 1.807) is 16.7 Å². The molecule has 2 heterocycles. The zero-order valence-electron chi connectivity index (χ0n) is 14.7. The first-order valence-corrected chi connectivity index (χ1v) is 10.3. The number of rotatable bonds is 2. The van der Waals surface area contributed by atoms with Crippen LogP contribution in [0.4, 0.5) is 10.5 Å². The number of carbonyl (C=O) groups excluding carboxylic acids is 3. The third-order valence-electron chi connectivity index (χ3n) is 5.49. The van der Waals surface area contributed by atoms with E-state index in [1.165, 1.54) is 0 Å². The van der Waals surface area contributed by atoms with Crippen LogP contribution in [-0.2, 0) is 9.59 Å². The third kappa shape index (κ3) is 2.98. The molecule has 4 rings (SSSR count). The van der Waals surface area contributed by atoms with Gasteiger partial charge in [-0.15, -0.1) is 11.8 Å². The third-order valence-corrected chi connectivity index (χ3v) is 6.64. The number of imide groups is 1. The van der Waals surface area contributed by atoms with E-state index in [4.69, 9.17) is 0 Å². The minimum atomic E-state index is -0.776. The van der Waals surface area contributed by atoms with Crippen LogP contribution in [0.25, 0.3) is 0 Å². The van der Waals surface area contributed by atoms with Gasteiger partial charge in [0.15, 0.2) is 0 Å². The summed E-state index contributed by atoms with van der Waals surface area (Å²) < 4.78 is 0. The monoisotopic (exact) mass is 373 g/mol. The number of nitrogens with zero attached hydrogens (tertiary/aromatic N) is 2. The number of anilines is 1. The molecule has 138 valence electrons. The van der Waals surface area contributed by atoms with Crippen LogP contribution in [-0.4, -0.2) is 47.1 Å². The van der Waals surface area contributed by atoms with Gasteiger partial charge in [0, 0.05) is 11.4 Å². The molecule has 6 nitrogen and oxygen atoms in total. The number of para-hydroxylation sites is 1. The maximum Gasteiger partial charge on any atom is 0.325 e. The SMILES string of the molecule is O=C1NC2(CCCCC2)C(=O)N1CC(=O)N1CCCSc2ccccc21. The first-order valence-electron chi connectivity index (χ1n) is 9.27. The second kappa shape index (κ2) is 6.95. The minimum Gasteiger partial charge on any atom is -0.323 e. The molecule has 4 amide bonds. The zero-order valence-corrected chi connectivity index (χ0v) is 15.5. The number of urea groups is 1. The summed E-state index contributed by atoms with van der Waals surface area (Å²) in [5, 5.41) is 2.87. The van der Waals surface area contributed by atoms with E-state index in [-0.39, 0.29) is 18.4 Å². The molecule has 2 fully saturated rings. The van der Waals surface area contributed by atoms with E-state index in [9.17, 15) is 14.4 Å². The van der Waals surface area contributed by atoms with Crippen LogP contribution in [0, 0.1) is 0 Å². The number of hydrogen-bond acceptors (Lipinski definition) is 4. The first-order chi connectivity index (χ1) is 12.6. The van der Waals surface area contributed by atoms with E-state index in [2.05, 4.69) is 5.32 Å². The predicted octanol–water partition coefficient (Wildman–Crippen LogP) is 2.77. The Hall–Kier alpha value is -2.02. The normalized spacial score (nSPS) is 22.2. The molecular weight excluding hydrogens is 350 g/mol. The number of fused-ring (bicyclic) bond motifs is 1. The summed E-state index contributed by atoms with van der Waals surface area (Å²) in [6.07, 6.45) is 5.19. The van der Waals surface area contributed by atoms with Gasteiger partial charge in [-0.25, -0.2) is 4.79 Å². The van der Waals surface area contributed by atoms with E-state index in [0.29, 0.717) is 19.4 Å². The second-order valence-electron chi connectivity index (χ2n) is 7.18. The highest BCUT2D eigenvalue weighted by molar-refractivity contribution is 7.99. The van der Waals surface area contributed by atoms with Crippen LogP contribution in [0.2, 0.25) is 0 Å². The maximum atomic E-state index is 13.0. The lowest BCUT2D eigenvalue weighted by Crippen LogP contribution is -2.49. The Kier molecular flexibility index (Phi) is 4.65. The Balaban J connectivity index is 1.53. The van der Waals surface area contributed by atoms with E-state index in [0.717, 1.165) is 46.9 Å². The molecule has 1 N–H and O–H groups in total. The van der Waals surface area contributed by atoms with E-state index >= 15 is 0 Å². The Bertz CT molecular complexity index is 745. The van der Waals surface area contributed by atoms with Gasteiger partial charge in [0.2, 0.25) is 5.91 Å². The van der Waals surface area contributed by atoms with Gasteiger partial charge in [-0.05, 0) is 37.1 Å². The van der Waals surface area contributed by atoms with E-state index in [1.807, 2.05) is 24.3 Å². The summed E-state index contributed by atoms with van der Waals surface area (Å²) in [4.78, 5) is 42.2. The quantitative estimate of drug-likeness (QED) is 0.810. The molecule has 0 atom stereocenters. The van der Waals surface area contributed by atoms with Gasteiger partial charge in [0.25, 0.3) is 5.91 Å². The number of nitrogens with one attached hydrogen (secondary N) is 1. The molecular formula is C19H23N3O3S. The highest BCUT2D eigenvalue weighted by Crippen LogP contribution is 2.35. The van der Waals surface area contributed by atoms with Gasteiger partial charge in [-0.1, -0.05) is 31.4 Å². The topological polar surface area (TPSA) is 69.7 Å². The molecule has 1 spiro atoms. The Labute approximate surface area is 157 Å². The van der Waals surface area contributed by atoms with Crippen LogP contribution < -0.4 is 10.2 Å². The summed E-state index contributed by atoms with van der Waals surface area (Å²) in [6.45, 7) is 0.420. The van der Waals surface area contributed by atoms with Crippen molar-refractivity contribution in [2.45, 2.75) is 49.0 Å². The molecule has 1 aromatic carbocycles. The van der Waals surface area contributed by atoms with Crippen molar-refractivity contribution >= 4 is 35.3 Å². The van der Waals surface area contributed by atoms with Crippen molar-refractivity contribution in [3.63, 3.8) is 0 Å². The fourth-order valence-electron chi connectivity index (χ4n) is 4.12. The largest absolute Gasteiger partial charge is 0.325 e. The average Bonchev–Trinajstić information content (AvgIpc) is 2.82. The van der Waals surface area contributed by atoms with Gasteiger partial charge in [-0.2, -0.15) is 0 Å². The zero-order chi connectivity index (χ0) is 18.1. The first kappa shape index (κ1) is 17.4. The standard InChI is InChI=1S/C19H23N3O3S/c23-16(21-11-6-12-26-15-8-3-2-7-14(15)21)13-22-17(24)19(20-18(22)25)9-4-1-5-10-19/h2-3,7-8H,1,4-6,9-13H2,(H,20,25). The molecule has 2 aliphatic heterocycles. The Morgan fingerprint density at radius 3 is 2.69 bits per heavy atom. The summed E-state index contributed by atoms with van der Waals surface area (Å²) in [5.74, 6) is 0.525. The Morgan fingerprint density at radius 2 is 1.88 bits per heavy atom. The smallest absolute Gasteiger partial charge is 0.323 e. The summed E-state index contributed by atoms with van der Waals surface area (Å²) in [7, 11) is 0. The molecule has 1 aliphatic carbocycles. The Morgan fingerprint density at radius 1 is 1.12 bits per heavy atom. The number of amides is 4. The van der Waals surface area contributed by atoms with Crippen molar-refractivity contribution in [3.8, 4) is 0 Å². The van der Waals surface area contributed by atoms with Gasteiger partial charge in [0.05, 0.1) is 5.69 Å². The van der Waals surface area contributed by atoms with E-state index < -0.39 is 11.6 Å². The maximum absolute atomic E-state index is 13.0. The van der Waals surface area contributed by atoms with Crippen LogP contribution in [0.3, 0.4) is 0 Å². The average molecular weight is 373 g/mol. The molecule has 0 radical (unpaired) electrons. The van der Waals surface area contributed by atoms with Gasteiger partial charge >= 0.3 is 6.03 Å². The molecule has 1 aromatic rings. The molecule has 0 unspecified atom stereocenters. The summed E-state index contributed by atoms with van der Waals surface area (Å²) >= 11 is 1.74. The van der Waals surface area contributed by atoms with Crippen LogP contribution >= 0.6 is 11.8 Å². The molecule has 26 heavy (non-hydrogen) atoms. The number of hydrogen-bond donors (Lipinski definition) is 1. The highest BCUT2D eigenvalue weighted by Gasteiger charge is 2.51. The predicted molar refractivity (Wildman–Crippen MR) is 100 cm³/mol. The van der Waals surface area contributed by atoms with Crippen molar-refractivity contribution in [2.75, 3.05) is 23.7 Å². The fraction of sp³-hybridized carbons (Fsp3) is 0.526. The second-order valence-corrected chi connectivity index (χ2v) is 8.32. The summed E-state index contributed by atoms with van der Waals surface area (Å²) in [5.41, 5.74) is 0.0988. The molecule has 1 saturated heterocycles. The van der Waals surface area contributed by atoms with Gasteiger partial charge < -0.3 is 10.2 Å². The number of benzene rings is 1. The lowest BCUT2D eigenvalue weighted by atomic mass is 9.82. The van der Waals surface area contributed by atoms with Crippen molar-refractivity contribution in [3.05, 3.63) is 24.3 Å². The molecule has 0 bridgehead atoms. The number of thioether (sulfide) groups is 1. The molecule has 0 aromatic heterocycles. The van der Waals surface area contributed by atoms with Crippen molar-refractivity contribution in [2.24, 2.45) is 0 Å². The fourth-order valence-corrected chi connectivity index (χ4v) is 5.12. The van der Waals surface area contributed by atoms with Crippen LogP contribution in [0.15, 0.2) is 29.2 Å². The molecule has 7 heteroatoms. The van der Waals surface area contributed by atoms with Crippen LogP contribution in [0.5, 0.6) is 0 Å². The van der Waals surface area contributed by atoms with Crippen molar-refractivity contribution in [1.29, 1.82) is 0 Å². The molecule has 1 saturated carbocycles. The lowest BCUT2D eigenvalue weighted by Gasteiger charge is -2.30. The van der Waals surface area contributed by atoms with Crippen LogP contribution in [0.1, 0.15) is 38.5 Å². The van der Waals surface area contributed by atoms with Crippen molar-refractivity contribution in [1.82, 2.24) is 10.2 Å². The summed E-state index contributed by atoms with van der Waals surface area (Å²) in [6, 6.07) is 7.39. The van der Waals surface area contributed by atoms with Gasteiger partial charge in [0.1, 0.15) is 12.1 Å². The minimum absolute atomic E-state index is 0.189. The van der Waals surface area contributed by atoms with Gasteiger partial charge in [-0.3, -0.25) is 14.5 Å².